The van der Waals surface area contributed by atoms with E-state index >= 15 is 0 Å². The number of anilines is 1. The van der Waals surface area contributed by atoms with Crippen LogP contribution in [0.3, 0.4) is 0 Å². The molecule has 0 aliphatic rings. The van der Waals surface area contributed by atoms with Crippen molar-refractivity contribution in [2.75, 3.05) is 5.32 Å². The highest BCUT2D eigenvalue weighted by atomic mass is 19.4. The second-order valence-electron chi connectivity index (χ2n) is 4.56. The van der Waals surface area contributed by atoms with E-state index in [1.807, 2.05) is 0 Å². The number of alkyl halides is 3. The standard InChI is InChI=1S/C13H12F3N5O2/c1-7(17-10(23)8-5-3-2-4-6-8)9(22)18-12-19-11(20-21-12)13(14,15)16/h2-7H,1H3,(H,17,23)(H2,18,19,20,21,22). The summed E-state index contributed by atoms with van der Waals surface area (Å²) in [5, 5.41) is 9.41. The molecule has 0 saturated heterocycles. The van der Waals surface area contributed by atoms with Crippen LogP contribution in [0.4, 0.5) is 19.1 Å². The van der Waals surface area contributed by atoms with Gasteiger partial charge in [0.15, 0.2) is 0 Å². The van der Waals surface area contributed by atoms with Gasteiger partial charge in [0.1, 0.15) is 6.04 Å². The van der Waals surface area contributed by atoms with Crippen molar-refractivity contribution in [2.45, 2.75) is 19.1 Å². The molecule has 122 valence electrons. The molecule has 1 atom stereocenters. The van der Waals surface area contributed by atoms with Crippen LogP contribution in [0.15, 0.2) is 30.3 Å². The molecule has 0 aliphatic heterocycles. The minimum atomic E-state index is -4.69. The Morgan fingerprint density at radius 3 is 2.43 bits per heavy atom. The Kier molecular flexibility index (Phi) is 4.63. The van der Waals surface area contributed by atoms with Crippen LogP contribution in [-0.2, 0) is 11.0 Å². The van der Waals surface area contributed by atoms with Crippen molar-refractivity contribution in [2.24, 2.45) is 0 Å². The number of nitrogens with zero attached hydrogens (tertiary/aromatic N) is 2. The normalized spacial score (nSPS) is 12.5. The lowest BCUT2D eigenvalue weighted by Crippen LogP contribution is -2.41. The van der Waals surface area contributed by atoms with Gasteiger partial charge in [-0.15, -0.1) is 5.10 Å². The van der Waals surface area contributed by atoms with Crippen molar-refractivity contribution in [3.63, 3.8) is 0 Å². The molecule has 23 heavy (non-hydrogen) atoms. The summed E-state index contributed by atoms with van der Waals surface area (Å²) in [4.78, 5) is 26.8. The molecule has 0 saturated carbocycles. The van der Waals surface area contributed by atoms with E-state index in [4.69, 9.17) is 0 Å². The zero-order chi connectivity index (χ0) is 17.0. The number of aromatic nitrogens is 3. The van der Waals surface area contributed by atoms with Crippen molar-refractivity contribution in [3.05, 3.63) is 41.7 Å². The van der Waals surface area contributed by atoms with Crippen LogP contribution in [0.25, 0.3) is 0 Å². The Bertz CT molecular complexity index is 699. The van der Waals surface area contributed by atoms with E-state index < -0.39 is 35.8 Å². The fourth-order valence-electron chi connectivity index (χ4n) is 1.60. The molecule has 10 heteroatoms. The van der Waals surface area contributed by atoms with Gasteiger partial charge in [-0.2, -0.15) is 18.2 Å². The minimum Gasteiger partial charge on any atom is -0.341 e. The van der Waals surface area contributed by atoms with Crippen molar-refractivity contribution in [3.8, 4) is 0 Å². The number of halogens is 3. The van der Waals surface area contributed by atoms with Crippen molar-refractivity contribution in [1.82, 2.24) is 20.5 Å². The molecule has 0 bridgehead atoms. The third-order valence-electron chi connectivity index (χ3n) is 2.77. The lowest BCUT2D eigenvalue weighted by atomic mass is 10.2. The minimum absolute atomic E-state index is 0.351. The van der Waals surface area contributed by atoms with Gasteiger partial charge in [0.2, 0.25) is 17.7 Å². The van der Waals surface area contributed by atoms with Gasteiger partial charge in [-0.25, -0.2) is 0 Å². The number of aromatic amines is 1. The first-order valence-electron chi connectivity index (χ1n) is 6.44. The SMILES string of the molecule is CC(NC(=O)c1ccccc1)C(=O)Nc1n[nH]c(C(F)(F)F)n1. The summed E-state index contributed by atoms with van der Waals surface area (Å²) < 4.78 is 37.1. The Morgan fingerprint density at radius 2 is 1.87 bits per heavy atom. The Balaban J connectivity index is 1.95. The second-order valence-corrected chi connectivity index (χ2v) is 4.56. The van der Waals surface area contributed by atoms with Gasteiger partial charge in [-0.05, 0) is 19.1 Å². The molecule has 0 fully saturated rings. The molecule has 0 radical (unpaired) electrons. The van der Waals surface area contributed by atoms with Crippen molar-refractivity contribution >= 4 is 17.8 Å². The Morgan fingerprint density at radius 1 is 1.22 bits per heavy atom. The smallest absolute Gasteiger partial charge is 0.341 e. The van der Waals surface area contributed by atoms with E-state index in [0.717, 1.165) is 0 Å². The maximum absolute atomic E-state index is 12.4. The van der Waals surface area contributed by atoms with Gasteiger partial charge < -0.3 is 5.32 Å². The number of rotatable bonds is 4. The average Bonchev–Trinajstić information content (AvgIpc) is 2.96. The first-order chi connectivity index (χ1) is 10.8. The number of hydrogen-bond acceptors (Lipinski definition) is 4. The summed E-state index contributed by atoms with van der Waals surface area (Å²) in [6.45, 7) is 1.38. The number of carbonyl (C=O) groups excluding carboxylic acids is 2. The van der Waals surface area contributed by atoms with Crippen LogP contribution >= 0.6 is 0 Å². The molecular weight excluding hydrogens is 315 g/mol. The number of benzene rings is 1. The van der Waals surface area contributed by atoms with Crippen LogP contribution in [-0.4, -0.2) is 33.0 Å². The van der Waals surface area contributed by atoms with Crippen LogP contribution < -0.4 is 10.6 Å². The van der Waals surface area contributed by atoms with Gasteiger partial charge in [0, 0.05) is 5.56 Å². The van der Waals surface area contributed by atoms with Crippen LogP contribution in [0.5, 0.6) is 0 Å². The molecule has 2 aromatic rings. The number of amides is 2. The van der Waals surface area contributed by atoms with Crippen LogP contribution in [0.1, 0.15) is 23.1 Å². The predicted octanol–water partition coefficient (Wildman–Crippen LogP) is 1.58. The fraction of sp³-hybridized carbons (Fsp3) is 0.231. The number of nitrogens with one attached hydrogen (secondary N) is 3. The summed E-state index contributed by atoms with van der Waals surface area (Å²) in [7, 11) is 0. The lowest BCUT2D eigenvalue weighted by molar-refractivity contribution is -0.144. The van der Waals surface area contributed by atoms with Gasteiger partial charge in [0.25, 0.3) is 5.91 Å². The highest BCUT2D eigenvalue weighted by molar-refractivity contribution is 6.00. The summed E-state index contributed by atoms with van der Waals surface area (Å²) in [6.07, 6.45) is -4.69. The summed E-state index contributed by atoms with van der Waals surface area (Å²) in [6, 6.07) is 7.18. The quantitative estimate of drug-likeness (QED) is 0.794. The number of carbonyl (C=O) groups is 2. The average molecular weight is 327 g/mol. The zero-order valence-electron chi connectivity index (χ0n) is 11.8. The lowest BCUT2D eigenvalue weighted by Gasteiger charge is -2.12. The number of hydrogen-bond donors (Lipinski definition) is 3. The highest BCUT2D eigenvalue weighted by Crippen LogP contribution is 2.26. The van der Waals surface area contributed by atoms with Crippen molar-refractivity contribution < 1.29 is 22.8 Å². The summed E-state index contributed by atoms with van der Waals surface area (Å²) in [5.74, 6) is -3.09. The van der Waals surface area contributed by atoms with Gasteiger partial charge >= 0.3 is 6.18 Å². The molecule has 1 unspecified atom stereocenters. The molecule has 3 N–H and O–H groups in total. The monoisotopic (exact) mass is 327 g/mol. The highest BCUT2D eigenvalue weighted by Gasteiger charge is 2.35. The molecule has 1 aromatic carbocycles. The van der Waals surface area contributed by atoms with E-state index in [1.165, 1.54) is 6.92 Å². The molecule has 1 aromatic heterocycles. The largest absolute Gasteiger partial charge is 0.451 e. The predicted molar refractivity (Wildman–Crippen MR) is 73.4 cm³/mol. The van der Waals surface area contributed by atoms with Crippen LogP contribution in [0, 0.1) is 0 Å². The van der Waals surface area contributed by atoms with E-state index in [1.54, 1.807) is 35.4 Å². The Labute approximate surface area is 128 Å². The number of H-pyrrole nitrogens is 1. The van der Waals surface area contributed by atoms with E-state index in [-0.39, 0.29) is 0 Å². The second kappa shape index (κ2) is 6.46. The zero-order valence-corrected chi connectivity index (χ0v) is 11.8. The molecule has 1 heterocycles. The maximum Gasteiger partial charge on any atom is 0.451 e. The van der Waals surface area contributed by atoms with Gasteiger partial charge in [-0.1, -0.05) is 18.2 Å². The molecular formula is C13H12F3N5O2. The summed E-state index contributed by atoms with van der Waals surface area (Å²) >= 11 is 0. The van der Waals surface area contributed by atoms with Gasteiger partial charge in [0.05, 0.1) is 0 Å². The maximum atomic E-state index is 12.4. The Hall–Kier alpha value is -2.91. The fourth-order valence-corrected chi connectivity index (χ4v) is 1.60. The summed E-state index contributed by atoms with van der Waals surface area (Å²) in [5.41, 5.74) is 0.351. The van der Waals surface area contributed by atoms with E-state index in [2.05, 4.69) is 20.7 Å². The van der Waals surface area contributed by atoms with E-state index in [9.17, 15) is 22.8 Å². The first kappa shape index (κ1) is 16.5. The first-order valence-corrected chi connectivity index (χ1v) is 6.44. The molecule has 2 amide bonds. The molecule has 2 rings (SSSR count). The third kappa shape index (κ3) is 4.28. The molecule has 0 aliphatic carbocycles. The molecule has 0 spiro atoms. The molecule has 7 nitrogen and oxygen atoms in total. The van der Waals surface area contributed by atoms with Crippen molar-refractivity contribution in [1.29, 1.82) is 0 Å². The van der Waals surface area contributed by atoms with Crippen LogP contribution in [0.2, 0.25) is 0 Å². The van der Waals surface area contributed by atoms with Gasteiger partial charge in [-0.3, -0.25) is 20.0 Å². The topological polar surface area (TPSA) is 99.8 Å². The van der Waals surface area contributed by atoms with E-state index in [0.29, 0.717) is 5.56 Å². The third-order valence-corrected chi connectivity index (χ3v) is 2.77.